The standard InChI is InChI=1S/C54H38N2OSi/c1-6-18-39(19-7-1)55(40-20-8-2-9-21-40)43-32-35-53-50(37-43)48-33-30-44(38-54(48)58(53,45-24-12-4-13-25-45)46-26-14-5-15-27-46)56(41-22-10-3-11-23-41)42-31-34-52-49(36-42)47-28-16-17-29-51(47)57-52/h1-38H. The third-order valence-electron chi connectivity index (χ3n) is 11.7. The molecule has 1 aliphatic heterocycles. The molecule has 4 heteroatoms. The second kappa shape index (κ2) is 14.0. The second-order valence-electron chi connectivity index (χ2n) is 14.9. The number of nitrogens with zero attached hydrogens (tertiary/aromatic N) is 2. The van der Waals surface area contributed by atoms with E-state index < -0.39 is 8.07 Å². The lowest BCUT2D eigenvalue weighted by Crippen LogP contribution is -2.72. The summed E-state index contributed by atoms with van der Waals surface area (Å²) in [6.07, 6.45) is 0. The average molecular weight is 759 g/mol. The zero-order valence-electron chi connectivity index (χ0n) is 31.7. The monoisotopic (exact) mass is 758 g/mol. The molecule has 3 nitrogen and oxygen atoms in total. The lowest BCUT2D eigenvalue weighted by Gasteiger charge is -2.33. The lowest BCUT2D eigenvalue weighted by atomic mass is 10.0. The van der Waals surface area contributed by atoms with Gasteiger partial charge in [-0.25, -0.2) is 0 Å². The van der Waals surface area contributed by atoms with Gasteiger partial charge in [0.15, 0.2) is 8.07 Å². The first-order valence-electron chi connectivity index (χ1n) is 19.8. The Morgan fingerprint density at radius 1 is 0.293 bits per heavy atom. The number of furan rings is 1. The maximum absolute atomic E-state index is 6.29. The molecule has 11 rings (SSSR count). The van der Waals surface area contributed by atoms with Crippen molar-refractivity contribution in [2.45, 2.75) is 0 Å². The Bertz CT molecular complexity index is 2980. The van der Waals surface area contributed by atoms with Gasteiger partial charge in [-0.05, 0) is 117 Å². The minimum Gasteiger partial charge on any atom is -0.456 e. The highest BCUT2D eigenvalue weighted by Gasteiger charge is 2.49. The number of fused-ring (bicyclic) bond motifs is 6. The van der Waals surface area contributed by atoms with Crippen molar-refractivity contribution in [3.8, 4) is 11.1 Å². The average Bonchev–Trinajstić information content (AvgIpc) is 3.81. The van der Waals surface area contributed by atoms with Crippen LogP contribution in [0.3, 0.4) is 0 Å². The van der Waals surface area contributed by atoms with Crippen LogP contribution in [0.15, 0.2) is 235 Å². The van der Waals surface area contributed by atoms with Gasteiger partial charge in [0.2, 0.25) is 0 Å². The van der Waals surface area contributed by atoms with Gasteiger partial charge in [-0.2, -0.15) is 0 Å². The van der Waals surface area contributed by atoms with Gasteiger partial charge in [-0.15, -0.1) is 0 Å². The molecule has 0 spiro atoms. The summed E-state index contributed by atoms with van der Waals surface area (Å²) in [5.74, 6) is 0. The van der Waals surface area contributed by atoms with Crippen LogP contribution in [0.1, 0.15) is 0 Å². The highest BCUT2D eigenvalue weighted by molar-refractivity contribution is 7.22. The number of anilines is 6. The summed E-state index contributed by atoms with van der Waals surface area (Å²) in [6.45, 7) is 0. The molecule has 1 aliphatic rings. The second-order valence-corrected chi connectivity index (χ2v) is 18.6. The van der Waals surface area contributed by atoms with Crippen molar-refractivity contribution in [1.29, 1.82) is 0 Å². The maximum atomic E-state index is 6.29. The predicted molar refractivity (Wildman–Crippen MR) is 246 cm³/mol. The van der Waals surface area contributed by atoms with Crippen LogP contribution >= 0.6 is 0 Å². The van der Waals surface area contributed by atoms with Crippen LogP contribution in [0, 0.1) is 0 Å². The zero-order valence-corrected chi connectivity index (χ0v) is 32.7. The SMILES string of the molecule is c1ccc(N(c2ccccc2)c2ccc3c(c2)-c2ccc(N(c4ccccc4)c4ccc5oc6ccccc6c5c4)cc2[Si]3(c2ccccc2)c2ccccc2)cc1. The molecule has 0 amide bonds. The van der Waals surface area contributed by atoms with Gasteiger partial charge in [0.1, 0.15) is 11.2 Å². The van der Waals surface area contributed by atoms with Gasteiger partial charge in [-0.3, -0.25) is 0 Å². The number of hydrogen-bond acceptors (Lipinski definition) is 3. The third-order valence-corrected chi connectivity index (χ3v) is 16.6. The Balaban J connectivity index is 1.18. The minimum atomic E-state index is -2.85. The fourth-order valence-electron chi connectivity index (χ4n) is 9.23. The van der Waals surface area contributed by atoms with E-state index in [1.807, 2.05) is 12.1 Å². The summed E-state index contributed by atoms with van der Waals surface area (Å²) in [5.41, 5.74) is 11.0. The highest BCUT2D eigenvalue weighted by Crippen LogP contribution is 2.42. The van der Waals surface area contributed by atoms with E-state index in [1.165, 1.54) is 31.9 Å². The van der Waals surface area contributed by atoms with Gasteiger partial charge >= 0.3 is 0 Å². The van der Waals surface area contributed by atoms with Crippen LogP contribution in [0.4, 0.5) is 34.1 Å². The first-order valence-corrected chi connectivity index (χ1v) is 21.8. The maximum Gasteiger partial charge on any atom is 0.180 e. The summed E-state index contributed by atoms with van der Waals surface area (Å²) in [7, 11) is -2.85. The van der Waals surface area contributed by atoms with Crippen LogP contribution < -0.4 is 30.5 Å². The van der Waals surface area contributed by atoms with E-state index in [1.54, 1.807) is 0 Å². The summed E-state index contributed by atoms with van der Waals surface area (Å²) in [5, 5.41) is 7.75. The topological polar surface area (TPSA) is 19.6 Å². The molecular formula is C54H38N2OSi. The molecule has 0 N–H and O–H groups in total. The van der Waals surface area contributed by atoms with Crippen LogP contribution in [0.2, 0.25) is 0 Å². The Kier molecular flexibility index (Phi) is 8.16. The molecule has 58 heavy (non-hydrogen) atoms. The lowest BCUT2D eigenvalue weighted by molar-refractivity contribution is 0.669. The van der Waals surface area contributed by atoms with Crippen LogP contribution in [0.5, 0.6) is 0 Å². The molecule has 9 aromatic carbocycles. The molecule has 0 atom stereocenters. The van der Waals surface area contributed by atoms with Gasteiger partial charge in [0.05, 0.1) is 0 Å². The number of benzene rings is 9. The van der Waals surface area contributed by atoms with E-state index in [2.05, 4.69) is 228 Å². The summed E-state index contributed by atoms with van der Waals surface area (Å²) >= 11 is 0. The van der Waals surface area contributed by atoms with Gasteiger partial charge in [0, 0.05) is 44.9 Å². The van der Waals surface area contributed by atoms with Crippen LogP contribution in [-0.4, -0.2) is 8.07 Å². The number of para-hydroxylation sites is 4. The van der Waals surface area contributed by atoms with Gasteiger partial charge < -0.3 is 14.2 Å². The van der Waals surface area contributed by atoms with Crippen molar-refractivity contribution in [3.05, 3.63) is 231 Å². The molecule has 0 saturated carbocycles. The Hall–Kier alpha value is -7.40. The molecule has 0 bridgehead atoms. The van der Waals surface area contributed by atoms with E-state index in [0.29, 0.717) is 0 Å². The van der Waals surface area contributed by atoms with Crippen molar-refractivity contribution in [3.63, 3.8) is 0 Å². The van der Waals surface area contributed by atoms with Crippen molar-refractivity contribution < 1.29 is 4.42 Å². The molecular weight excluding hydrogens is 721 g/mol. The molecule has 1 aromatic heterocycles. The van der Waals surface area contributed by atoms with E-state index >= 15 is 0 Å². The zero-order chi connectivity index (χ0) is 38.5. The predicted octanol–water partition coefficient (Wildman–Crippen LogP) is 11.9. The van der Waals surface area contributed by atoms with Crippen molar-refractivity contribution in [1.82, 2.24) is 0 Å². The van der Waals surface area contributed by atoms with Crippen molar-refractivity contribution in [2.75, 3.05) is 9.80 Å². The van der Waals surface area contributed by atoms with Gasteiger partial charge in [-0.1, -0.05) is 146 Å². The van der Waals surface area contributed by atoms with Crippen LogP contribution in [-0.2, 0) is 0 Å². The first-order chi connectivity index (χ1) is 28.8. The quantitative estimate of drug-likeness (QED) is 0.144. The van der Waals surface area contributed by atoms with E-state index in [9.17, 15) is 0 Å². The molecule has 0 radical (unpaired) electrons. The van der Waals surface area contributed by atoms with Crippen molar-refractivity contribution >= 4 is 84.9 Å². The Morgan fingerprint density at radius 3 is 1.34 bits per heavy atom. The molecule has 0 fully saturated rings. The van der Waals surface area contributed by atoms with E-state index in [4.69, 9.17) is 4.42 Å². The van der Waals surface area contributed by atoms with Crippen LogP contribution in [0.25, 0.3) is 33.1 Å². The smallest absolute Gasteiger partial charge is 0.180 e. The Labute approximate surface area is 339 Å². The molecule has 10 aromatic rings. The number of rotatable bonds is 8. The molecule has 2 heterocycles. The molecule has 274 valence electrons. The molecule has 0 saturated heterocycles. The Morgan fingerprint density at radius 2 is 0.741 bits per heavy atom. The largest absolute Gasteiger partial charge is 0.456 e. The first kappa shape index (κ1) is 33.9. The number of hydrogen-bond donors (Lipinski definition) is 0. The third kappa shape index (κ3) is 5.41. The van der Waals surface area contributed by atoms with Crippen molar-refractivity contribution in [2.24, 2.45) is 0 Å². The summed E-state index contributed by atoms with van der Waals surface area (Å²) in [6, 6.07) is 83.9. The fourth-order valence-corrected chi connectivity index (χ4v) is 14.4. The van der Waals surface area contributed by atoms with E-state index in [-0.39, 0.29) is 0 Å². The summed E-state index contributed by atoms with van der Waals surface area (Å²) < 4.78 is 6.29. The minimum absolute atomic E-state index is 0.887. The van der Waals surface area contributed by atoms with Gasteiger partial charge in [0.25, 0.3) is 0 Å². The summed E-state index contributed by atoms with van der Waals surface area (Å²) in [4.78, 5) is 4.77. The molecule has 0 unspecified atom stereocenters. The molecule has 0 aliphatic carbocycles. The highest BCUT2D eigenvalue weighted by atomic mass is 28.3. The normalized spacial score (nSPS) is 12.6. The fraction of sp³-hybridized carbons (Fsp3) is 0. The van der Waals surface area contributed by atoms with E-state index in [0.717, 1.165) is 56.1 Å².